The number of ether oxygens (including phenoxy) is 3. The Bertz CT molecular complexity index is 503. The molecule has 1 aliphatic heterocycles. The smallest absolute Gasteiger partial charge is 0.328 e. The Labute approximate surface area is 109 Å². The van der Waals surface area contributed by atoms with Crippen LogP contribution in [0.1, 0.15) is 6.92 Å². The fraction of sp³-hybridized carbons (Fsp3) is 0.333. The minimum Gasteiger partial charge on any atom is -0.467 e. The van der Waals surface area contributed by atoms with Crippen LogP contribution in [0.2, 0.25) is 0 Å². The van der Waals surface area contributed by atoms with E-state index < -0.39 is 18.0 Å². The van der Waals surface area contributed by atoms with Crippen LogP contribution in [0.15, 0.2) is 18.2 Å². The molecule has 2 rings (SSSR count). The number of urea groups is 1. The summed E-state index contributed by atoms with van der Waals surface area (Å²) in [4.78, 5) is 22.8. The molecule has 1 aliphatic rings. The normalized spacial score (nSPS) is 13.6. The van der Waals surface area contributed by atoms with Crippen LogP contribution < -0.4 is 20.1 Å². The molecular formula is C12H14N2O5. The number of anilines is 1. The maximum atomic E-state index is 11.6. The Balaban J connectivity index is 1.94. The number of hydrogen-bond acceptors (Lipinski definition) is 5. The van der Waals surface area contributed by atoms with Crippen molar-refractivity contribution in [3.05, 3.63) is 18.2 Å². The molecule has 7 nitrogen and oxygen atoms in total. The number of methoxy groups -OCH3 is 1. The first-order valence-corrected chi connectivity index (χ1v) is 5.65. The van der Waals surface area contributed by atoms with Gasteiger partial charge in [0, 0.05) is 11.8 Å². The Hall–Kier alpha value is -2.44. The van der Waals surface area contributed by atoms with Crippen molar-refractivity contribution >= 4 is 17.7 Å². The zero-order valence-corrected chi connectivity index (χ0v) is 10.6. The second-order valence-corrected chi connectivity index (χ2v) is 3.91. The molecule has 7 heteroatoms. The van der Waals surface area contributed by atoms with E-state index in [4.69, 9.17) is 9.47 Å². The molecule has 0 fully saturated rings. The SMILES string of the molecule is COC(=O)[C@H](C)NC(=O)Nc1ccc2c(c1)OCO2. The predicted molar refractivity (Wildman–Crippen MR) is 66.2 cm³/mol. The molecule has 0 saturated carbocycles. The van der Waals surface area contributed by atoms with Gasteiger partial charge in [-0.05, 0) is 19.1 Å². The number of carbonyl (C=O) groups is 2. The Morgan fingerprint density at radius 1 is 1.32 bits per heavy atom. The van der Waals surface area contributed by atoms with Crippen molar-refractivity contribution in [3.8, 4) is 11.5 Å². The van der Waals surface area contributed by atoms with E-state index >= 15 is 0 Å². The summed E-state index contributed by atoms with van der Waals surface area (Å²) < 4.78 is 14.9. The lowest BCUT2D eigenvalue weighted by Crippen LogP contribution is -2.41. The van der Waals surface area contributed by atoms with Gasteiger partial charge in [-0.25, -0.2) is 9.59 Å². The molecule has 0 spiro atoms. The summed E-state index contributed by atoms with van der Waals surface area (Å²) in [6.45, 7) is 1.70. The van der Waals surface area contributed by atoms with Crippen molar-refractivity contribution < 1.29 is 23.8 Å². The highest BCUT2D eigenvalue weighted by atomic mass is 16.7. The lowest BCUT2D eigenvalue weighted by molar-refractivity contribution is -0.142. The number of benzene rings is 1. The largest absolute Gasteiger partial charge is 0.467 e. The average molecular weight is 266 g/mol. The third-order valence-corrected chi connectivity index (χ3v) is 2.53. The summed E-state index contributed by atoms with van der Waals surface area (Å²) in [5.41, 5.74) is 0.541. The molecule has 0 aliphatic carbocycles. The van der Waals surface area contributed by atoms with E-state index in [0.29, 0.717) is 17.2 Å². The molecule has 0 saturated heterocycles. The van der Waals surface area contributed by atoms with Crippen LogP contribution in [0, 0.1) is 0 Å². The highest BCUT2D eigenvalue weighted by Crippen LogP contribution is 2.34. The Morgan fingerprint density at radius 2 is 2.05 bits per heavy atom. The maximum absolute atomic E-state index is 11.6. The fourth-order valence-corrected chi connectivity index (χ4v) is 1.57. The number of esters is 1. The monoisotopic (exact) mass is 266 g/mol. The molecule has 102 valence electrons. The molecule has 1 atom stereocenters. The van der Waals surface area contributed by atoms with Crippen molar-refractivity contribution in [1.82, 2.24) is 5.32 Å². The second kappa shape index (κ2) is 5.47. The van der Waals surface area contributed by atoms with E-state index in [9.17, 15) is 9.59 Å². The summed E-state index contributed by atoms with van der Waals surface area (Å²) in [6.07, 6.45) is 0. The number of nitrogens with one attached hydrogen (secondary N) is 2. The standard InChI is InChI=1S/C12H14N2O5/c1-7(11(15)17-2)13-12(16)14-8-3-4-9-10(5-8)19-6-18-9/h3-5,7H,6H2,1-2H3,(H2,13,14,16)/t7-/m0/s1. The summed E-state index contributed by atoms with van der Waals surface area (Å²) in [6, 6.07) is 3.79. The van der Waals surface area contributed by atoms with Crippen molar-refractivity contribution in [2.24, 2.45) is 0 Å². The lowest BCUT2D eigenvalue weighted by Gasteiger charge is -2.12. The van der Waals surface area contributed by atoms with E-state index in [1.807, 2.05) is 0 Å². The van der Waals surface area contributed by atoms with Gasteiger partial charge in [-0.15, -0.1) is 0 Å². The molecule has 0 unspecified atom stereocenters. The predicted octanol–water partition coefficient (Wildman–Crippen LogP) is 1.10. The van der Waals surface area contributed by atoms with Gasteiger partial charge in [0.15, 0.2) is 11.5 Å². The molecule has 0 aromatic heterocycles. The van der Waals surface area contributed by atoms with Gasteiger partial charge in [0.1, 0.15) is 6.04 Å². The summed E-state index contributed by atoms with van der Waals surface area (Å²) in [5.74, 6) is 0.688. The van der Waals surface area contributed by atoms with Crippen molar-refractivity contribution in [2.75, 3.05) is 19.2 Å². The molecule has 0 bridgehead atoms. The Morgan fingerprint density at radius 3 is 2.79 bits per heavy atom. The van der Waals surface area contributed by atoms with Gasteiger partial charge >= 0.3 is 12.0 Å². The zero-order chi connectivity index (χ0) is 13.8. The molecule has 0 radical (unpaired) electrons. The van der Waals surface area contributed by atoms with Crippen molar-refractivity contribution in [2.45, 2.75) is 13.0 Å². The molecule has 19 heavy (non-hydrogen) atoms. The minimum absolute atomic E-state index is 0.171. The first-order chi connectivity index (χ1) is 9.10. The first-order valence-electron chi connectivity index (χ1n) is 5.65. The topological polar surface area (TPSA) is 85.9 Å². The van der Waals surface area contributed by atoms with E-state index in [2.05, 4.69) is 15.4 Å². The van der Waals surface area contributed by atoms with Gasteiger partial charge in [-0.1, -0.05) is 0 Å². The van der Waals surface area contributed by atoms with Gasteiger partial charge in [0.05, 0.1) is 7.11 Å². The molecule has 1 aromatic rings. The molecule has 2 amide bonds. The molecule has 2 N–H and O–H groups in total. The van der Waals surface area contributed by atoms with E-state index in [1.165, 1.54) is 14.0 Å². The highest BCUT2D eigenvalue weighted by molar-refractivity contribution is 5.92. The maximum Gasteiger partial charge on any atom is 0.328 e. The number of carbonyl (C=O) groups excluding carboxylic acids is 2. The van der Waals surface area contributed by atoms with Crippen LogP contribution in [-0.2, 0) is 9.53 Å². The van der Waals surface area contributed by atoms with Crippen LogP contribution in [0.5, 0.6) is 11.5 Å². The number of rotatable bonds is 3. The van der Waals surface area contributed by atoms with Crippen LogP contribution >= 0.6 is 0 Å². The minimum atomic E-state index is -0.723. The third kappa shape index (κ3) is 3.06. The average Bonchev–Trinajstić information content (AvgIpc) is 2.84. The van der Waals surface area contributed by atoms with E-state index in [1.54, 1.807) is 18.2 Å². The molecular weight excluding hydrogens is 252 g/mol. The van der Waals surface area contributed by atoms with Gasteiger partial charge in [0.25, 0.3) is 0 Å². The van der Waals surface area contributed by atoms with Gasteiger partial charge < -0.3 is 24.8 Å². The quantitative estimate of drug-likeness (QED) is 0.800. The zero-order valence-electron chi connectivity index (χ0n) is 10.6. The highest BCUT2D eigenvalue weighted by Gasteiger charge is 2.17. The van der Waals surface area contributed by atoms with Crippen molar-refractivity contribution in [1.29, 1.82) is 0 Å². The summed E-state index contributed by atoms with van der Waals surface area (Å²) in [7, 11) is 1.26. The molecule has 1 aromatic carbocycles. The second-order valence-electron chi connectivity index (χ2n) is 3.91. The lowest BCUT2D eigenvalue weighted by atomic mass is 10.3. The fourth-order valence-electron chi connectivity index (χ4n) is 1.57. The third-order valence-electron chi connectivity index (χ3n) is 2.53. The van der Waals surface area contributed by atoms with Crippen molar-refractivity contribution in [3.63, 3.8) is 0 Å². The van der Waals surface area contributed by atoms with Gasteiger partial charge in [0.2, 0.25) is 6.79 Å². The van der Waals surface area contributed by atoms with Gasteiger partial charge in [-0.3, -0.25) is 0 Å². The number of fused-ring (bicyclic) bond motifs is 1. The first kappa shape index (κ1) is 13.0. The number of amides is 2. The van der Waals surface area contributed by atoms with Crippen LogP contribution in [-0.4, -0.2) is 31.9 Å². The van der Waals surface area contributed by atoms with E-state index in [0.717, 1.165) is 0 Å². The van der Waals surface area contributed by atoms with Gasteiger partial charge in [-0.2, -0.15) is 0 Å². The summed E-state index contributed by atoms with van der Waals surface area (Å²) in [5, 5.41) is 5.04. The Kier molecular flexibility index (Phi) is 3.74. The van der Waals surface area contributed by atoms with Crippen LogP contribution in [0.4, 0.5) is 10.5 Å². The summed E-state index contributed by atoms with van der Waals surface area (Å²) >= 11 is 0. The van der Waals surface area contributed by atoms with Crippen LogP contribution in [0.3, 0.4) is 0 Å². The molecule has 1 heterocycles. The number of hydrogen-bond donors (Lipinski definition) is 2. The van der Waals surface area contributed by atoms with Crippen LogP contribution in [0.25, 0.3) is 0 Å². The van der Waals surface area contributed by atoms with E-state index in [-0.39, 0.29) is 6.79 Å².